The monoisotopic (exact) mass is 288 g/mol. The summed E-state index contributed by atoms with van der Waals surface area (Å²) in [5, 5.41) is 0.327. The van der Waals surface area contributed by atoms with Crippen molar-refractivity contribution in [3.63, 3.8) is 0 Å². The summed E-state index contributed by atoms with van der Waals surface area (Å²) in [5.41, 5.74) is 6.08. The van der Waals surface area contributed by atoms with E-state index in [1.807, 2.05) is 13.8 Å². The smallest absolute Gasteiger partial charge is 0.235 e. The van der Waals surface area contributed by atoms with E-state index < -0.39 is 10.8 Å². The van der Waals surface area contributed by atoms with Gasteiger partial charge in [-0.1, -0.05) is 17.7 Å². The zero-order valence-electron chi connectivity index (χ0n) is 10.6. The van der Waals surface area contributed by atoms with E-state index in [1.165, 1.54) is 0 Å². The van der Waals surface area contributed by atoms with Crippen LogP contribution in [0.15, 0.2) is 23.1 Å². The van der Waals surface area contributed by atoms with E-state index in [0.29, 0.717) is 15.6 Å². The second-order valence-corrected chi connectivity index (χ2v) is 6.04. The predicted molar refractivity (Wildman–Crippen MR) is 75.0 cm³/mol. The van der Waals surface area contributed by atoms with Crippen molar-refractivity contribution >= 4 is 34.0 Å². The van der Waals surface area contributed by atoms with Gasteiger partial charge in [0.25, 0.3) is 0 Å². The zero-order chi connectivity index (χ0) is 13.9. The second kappa shape index (κ2) is 6.20. The molecule has 0 saturated carbocycles. The molecule has 1 aromatic carbocycles. The van der Waals surface area contributed by atoms with Crippen molar-refractivity contribution in [2.24, 2.45) is 0 Å². The Hall–Kier alpha value is -1.07. The summed E-state index contributed by atoms with van der Waals surface area (Å²) in [6.45, 7) is 3.79. The van der Waals surface area contributed by atoms with Crippen molar-refractivity contribution in [2.75, 3.05) is 18.5 Å². The first-order valence-electron chi connectivity index (χ1n) is 5.52. The van der Waals surface area contributed by atoms with Crippen LogP contribution in [0.2, 0.25) is 5.02 Å². The van der Waals surface area contributed by atoms with Crippen molar-refractivity contribution in [1.29, 1.82) is 0 Å². The van der Waals surface area contributed by atoms with Crippen LogP contribution in [-0.2, 0) is 15.6 Å². The SMILES string of the molecule is CC(C)N(C)C(=O)CS(=O)c1c(N)cccc1Cl. The lowest BCUT2D eigenvalue weighted by molar-refractivity contribution is -0.128. The molecule has 1 rings (SSSR count). The van der Waals surface area contributed by atoms with Gasteiger partial charge in [0.15, 0.2) is 0 Å². The number of carbonyl (C=O) groups excluding carboxylic acids is 1. The molecule has 0 radical (unpaired) electrons. The number of hydrogen-bond acceptors (Lipinski definition) is 3. The van der Waals surface area contributed by atoms with Crippen molar-refractivity contribution in [3.05, 3.63) is 23.2 Å². The first-order chi connectivity index (χ1) is 8.34. The van der Waals surface area contributed by atoms with Gasteiger partial charge in [-0.2, -0.15) is 0 Å². The van der Waals surface area contributed by atoms with Crippen LogP contribution in [0.1, 0.15) is 13.8 Å². The van der Waals surface area contributed by atoms with Gasteiger partial charge in [0.1, 0.15) is 5.75 Å². The predicted octanol–water partition coefficient (Wildman–Crippen LogP) is 1.90. The molecule has 100 valence electrons. The van der Waals surface area contributed by atoms with Crippen LogP contribution >= 0.6 is 11.6 Å². The summed E-state index contributed by atoms with van der Waals surface area (Å²) in [4.78, 5) is 13.7. The maximum absolute atomic E-state index is 12.1. The van der Waals surface area contributed by atoms with E-state index in [-0.39, 0.29) is 17.7 Å². The quantitative estimate of drug-likeness (QED) is 0.861. The summed E-state index contributed by atoms with van der Waals surface area (Å²) >= 11 is 5.95. The fourth-order valence-electron chi connectivity index (χ4n) is 1.34. The molecule has 1 atom stereocenters. The summed E-state index contributed by atoms with van der Waals surface area (Å²) in [7, 11) is 0.159. The number of nitrogens with zero attached hydrogens (tertiary/aromatic N) is 1. The van der Waals surface area contributed by atoms with Gasteiger partial charge >= 0.3 is 0 Å². The van der Waals surface area contributed by atoms with E-state index in [2.05, 4.69) is 0 Å². The van der Waals surface area contributed by atoms with Crippen LogP contribution in [0, 0.1) is 0 Å². The molecule has 2 N–H and O–H groups in total. The molecule has 4 nitrogen and oxygen atoms in total. The molecule has 0 saturated heterocycles. The van der Waals surface area contributed by atoms with Crippen LogP contribution in [0.5, 0.6) is 0 Å². The highest BCUT2D eigenvalue weighted by atomic mass is 35.5. The minimum absolute atomic E-state index is 0.0677. The van der Waals surface area contributed by atoms with Gasteiger partial charge in [-0.25, -0.2) is 0 Å². The Balaban J connectivity index is 2.87. The van der Waals surface area contributed by atoms with E-state index in [9.17, 15) is 9.00 Å². The van der Waals surface area contributed by atoms with Gasteiger partial charge < -0.3 is 10.6 Å². The maximum Gasteiger partial charge on any atom is 0.235 e. The van der Waals surface area contributed by atoms with Gasteiger partial charge in [0, 0.05) is 18.8 Å². The van der Waals surface area contributed by atoms with Gasteiger partial charge in [0.2, 0.25) is 5.91 Å². The Kier molecular flexibility index (Phi) is 5.16. The topological polar surface area (TPSA) is 63.4 Å². The van der Waals surface area contributed by atoms with Gasteiger partial charge in [-0.15, -0.1) is 0 Å². The molecule has 1 aromatic rings. The van der Waals surface area contributed by atoms with Gasteiger partial charge in [0.05, 0.1) is 20.7 Å². The summed E-state index contributed by atoms with van der Waals surface area (Å²) in [6, 6.07) is 4.98. The van der Waals surface area contributed by atoms with E-state index in [1.54, 1.807) is 30.1 Å². The largest absolute Gasteiger partial charge is 0.398 e. The highest BCUT2D eigenvalue weighted by molar-refractivity contribution is 7.86. The van der Waals surface area contributed by atoms with Gasteiger partial charge in [-0.05, 0) is 26.0 Å². The summed E-state index contributed by atoms with van der Waals surface area (Å²) in [5.74, 6) is -0.301. The first kappa shape index (κ1) is 15.0. The Labute approximate surface area is 115 Å². The van der Waals surface area contributed by atoms with E-state index in [4.69, 9.17) is 17.3 Å². The zero-order valence-corrected chi connectivity index (χ0v) is 12.2. The standard InChI is InChI=1S/C12H17ClN2O2S/c1-8(2)15(3)11(16)7-18(17)12-9(13)5-4-6-10(12)14/h4-6,8H,7,14H2,1-3H3. The average Bonchev–Trinajstić information content (AvgIpc) is 2.27. The van der Waals surface area contributed by atoms with Crippen LogP contribution < -0.4 is 5.73 Å². The lowest BCUT2D eigenvalue weighted by Gasteiger charge is -2.21. The number of nitrogen functional groups attached to an aromatic ring is 1. The summed E-state index contributed by atoms with van der Waals surface area (Å²) in [6.07, 6.45) is 0. The number of amides is 1. The fraction of sp³-hybridized carbons (Fsp3) is 0.417. The average molecular weight is 289 g/mol. The van der Waals surface area contributed by atoms with E-state index in [0.717, 1.165) is 0 Å². The molecule has 0 bridgehead atoms. The summed E-state index contributed by atoms with van der Waals surface area (Å²) < 4.78 is 12.1. The molecule has 0 aliphatic rings. The molecule has 0 heterocycles. The van der Waals surface area contributed by atoms with Crippen molar-refractivity contribution in [2.45, 2.75) is 24.8 Å². The molecule has 0 aliphatic heterocycles. The van der Waals surface area contributed by atoms with Crippen LogP contribution in [0.3, 0.4) is 0 Å². The van der Waals surface area contributed by atoms with Crippen molar-refractivity contribution in [1.82, 2.24) is 4.90 Å². The number of nitrogens with two attached hydrogens (primary N) is 1. The second-order valence-electron chi connectivity index (χ2n) is 4.25. The molecule has 1 amide bonds. The highest BCUT2D eigenvalue weighted by Crippen LogP contribution is 2.25. The third-order valence-electron chi connectivity index (χ3n) is 2.65. The fourth-order valence-corrected chi connectivity index (χ4v) is 2.97. The number of anilines is 1. The van der Waals surface area contributed by atoms with Crippen molar-refractivity contribution < 1.29 is 9.00 Å². The van der Waals surface area contributed by atoms with Crippen LogP contribution in [0.25, 0.3) is 0 Å². The minimum atomic E-state index is -1.52. The molecule has 1 unspecified atom stereocenters. The van der Waals surface area contributed by atoms with Crippen LogP contribution in [0.4, 0.5) is 5.69 Å². The van der Waals surface area contributed by atoms with Gasteiger partial charge in [-0.3, -0.25) is 9.00 Å². The van der Waals surface area contributed by atoms with Crippen LogP contribution in [-0.4, -0.2) is 33.9 Å². The normalized spacial score (nSPS) is 12.5. The minimum Gasteiger partial charge on any atom is -0.398 e. The molecule has 18 heavy (non-hydrogen) atoms. The molecule has 0 fully saturated rings. The molecular formula is C12H17ClN2O2S. The third-order valence-corrected chi connectivity index (χ3v) is 4.49. The van der Waals surface area contributed by atoms with Crippen molar-refractivity contribution in [3.8, 4) is 0 Å². The lowest BCUT2D eigenvalue weighted by Crippen LogP contribution is -2.36. The van der Waals surface area contributed by atoms with E-state index >= 15 is 0 Å². The molecule has 0 spiro atoms. The number of benzene rings is 1. The molecular weight excluding hydrogens is 272 g/mol. The first-order valence-corrected chi connectivity index (χ1v) is 7.22. The number of carbonyl (C=O) groups is 1. The number of hydrogen-bond donors (Lipinski definition) is 1. The maximum atomic E-state index is 12.1. The number of halogens is 1. The Morgan fingerprint density at radius 1 is 1.50 bits per heavy atom. The Morgan fingerprint density at radius 2 is 2.11 bits per heavy atom. The Bertz CT molecular complexity index is 457. The molecule has 0 aliphatic carbocycles. The number of rotatable bonds is 4. The molecule has 0 aromatic heterocycles. The highest BCUT2D eigenvalue weighted by Gasteiger charge is 2.19. The Morgan fingerprint density at radius 3 is 2.61 bits per heavy atom. The molecule has 6 heteroatoms. The lowest BCUT2D eigenvalue weighted by atomic mass is 10.3. The third kappa shape index (κ3) is 3.46.